The normalized spacial score (nSPS) is 11.0. The third-order valence-corrected chi connectivity index (χ3v) is 2.72. The lowest BCUT2D eigenvalue weighted by atomic mass is 10.1. The van der Waals surface area contributed by atoms with Gasteiger partial charge < -0.3 is 11.5 Å². The van der Waals surface area contributed by atoms with E-state index in [1.54, 1.807) is 6.07 Å². The van der Waals surface area contributed by atoms with Crippen LogP contribution in [-0.2, 0) is 0 Å². The van der Waals surface area contributed by atoms with Gasteiger partial charge in [0.25, 0.3) is 0 Å². The first-order chi connectivity index (χ1) is 8.56. The average molecular weight is 240 g/mol. The van der Waals surface area contributed by atoms with Crippen molar-refractivity contribution in [1.82, 2.24) is 0 Å². The summed E-state index contributed by atoms with van der Waals surface area (Å²) in [6.07, 6.45) is 0. The van der Waals surface area contributed by atoms with Gasteiger partial charge in [0.15, 0.2) is 0 Å². The van der Waals surface area contributed by atoms with Crippen molar-refractivity contribution in [1.29, 1.82) is 0 Å². The Morgan fingerprint density at radius 1 is 0.833 bits per heavy atom. The molecule has 0 aliphatic rings. The van der Waals surface area contributed by atoms with Crippen LogP contribution in [0.5, 0.6) is 0 Å². The highest BCUT2D eigenvalue weighted by Gasteiger charge is 2.01. The SMILES string of the molecule is Cc1ccc(/N=N/c2cc(C)c(N)cc2N)cc1. The molecular formula is C14H16N4. The van der Waals surface area contributed by atoms with E-state index in [2.05, 4.69) is 10.2 Å². The summed E-state index contributed by atoms with van der Waals surface area (Å²) in [5.74, 6) is 0. The summed E-state index contributed by atoms with van der Waals surface area (Å²) in [6.45, 7) is 3.95. The lowest BCUT2D eigenvalue weighted by Crippen LogP contribution is -1.93. The molecule has 2 aromatic rings. The van der Waals surface area contributed by atoms with Crippen LogP contribution in [0.3, 0.4) is 0 Å². The number of benzene rings is 2. The van der Waals surface area contributed by atoms with Crippen molar-refractivity contribution in [3.8, 4) is 0 Å². The molecule has 0 fully saturated rings. The standard InChI is InChI=1S/C14H16N4/c1-9-3-5-11(6-4-9)17-18-14-7-10(2)12(15)8-13(14)16/h3-8H,15-16H2,1-2H3/b18-17+. The first kappa shape index (κ1) is 12.1. The summed E-state index contributed by atoms with van der Waals surface area (Å²) in [5.41, 5.74) is 16.4. The van der Waals surface area contributed by atoms with Crippen LogP contribution >= 0.6 is 0 Å². The van der Waals surface area contributed by atoms with Crippen LogP contribution in [0.1, 0.15) is 11.1 Å². The minimum Gasteiger partial charge on any atom is -0.398 e. The molecule has 0 spiro atoms. The second-order valence-electron chi connectivity index (χ2n) is 4.30. The van der Waals surface area contributed by atoms with E-state index >= 15 is 0 Å². The molecule has 0 radical (unpaired) electrons. The molecule has 2 rings (SSSR count). The third kappa shape index (κ3) is 2.66. The van der Waals surface area contributed by atoms with Crippen LogP contribution < -0.4 is 11.5 Å². The highest BCUT2D eigenvalue weighted by atomic mass is 15.1. The van der Waals surface area contributed by atoms with Crippen LogP contribution in [0, 0.1) is 13.8 Å². The average Bonchev–Trinajstić information content (AvgIpc) is 2.34. The zero-order valence-electron chi connectivity index (χ0n) is 10.5. The van der Waals surface area contributed by atoms with Crippen molar-refractivity contribution in [2.24, 2.45) is 10.2 Å². The molecule has 0 aliphatic heterocycles. The van der Waals surface area contributed by atoms with Crippen molar-refractivity contribution in [2.45, 2.75) is 13.8 Å². The fraction of sp³-hybridized carbons (Fsp3) is 0.143. The number of rotatable bonds is 2. The Hall–Kier alpha value is -2.36. The lowest BCUT2D eigenvalue weighted by molar-refractivity contribution is 1.22. The van der Waals surface area contributed by atoms with Gasteiger partial charge in [0.2, 0.25) is 0 Å². The Kier molecular flexibility index (Phi) is 3.28. The van der Waals surface area contributed by atoms with Gasteiger partial charge in [-0.25, -0.2) is 0 Å². The quantitative estimate of drug-likeness (QED) is 0.617. The van der Waals surface area contributed by atoms with E-state index in [1.807, 2.05) is 44.2 Å². The van der Waals surface area contributed by atoms with Crippen molar-refractivity contribution in [3.05, 3.63) is 47.5 Å². The molecular weight excluding hydrogens is 224 g/mol. The Morgan fingerprint density at radius 3 is 2.17 bits per heavy atom. The molecule has 0 saturated heterocycles. The number of hydrogen-bond acceptors (Lipinski definition) is 4. The Balaban J connectivity index is 2.28. The zero-order chi connectivity index (χ0) is 13.1. The highest BCUT2D eigenvalue weighted by molar-refractivity contribution is 5.70. The monoisotopic (exact) mass is 240 g/mol. The minimum absolute atomic E-state index is 0.536. The predicted octanol–water partition coefficient (Wildman–Crippen LogP) is 3.88. The van der Waals surface area contributed by atoms with E-state index < -0.39 is 0 Å². The molecule has 0 atom stereocenters. The number of hydrogen-bond donors (Lipinski definition) is 2. The summed E-state index contributed by atoms with van der Waals surface area (Å²) in [4.78, 5) is 0. The van der Waals surface area contributed by atoms with E-state index in [-0.39, 0.29) is 0 Å². The van der Waals surface area contributed by atoms with Crippen LogP contribution in [0.2, 0.25) is 0 Å². The number of anilines is 2. The first-order valence-corrected chi connectivity index (χ1v) is 5.70. The smallest absolute Gasteiger partial charge is 0.109 e. The Morgan fingerprint density at radius 2 is 1.50 bits per heavy atom. The van der Waals surface area contributed by atoms with Crippen molar-refractivity contribution in [2.75, 3.05) is 11.5 Å². The summed E-state index contributed by atoms with van der Waals surface area (Å²) in [6, 6.07) is 11.4. The molecule has 0 amide bonds. The maximum absolute atomic E-state index is 5.84. The molecule has 4 nitrogen and oxygen atoms in total. The third-order valence-electron chi connectivity index (χ3n) is 2.72. The van der Waals surface area contributed by atoms with E-state index in [0.29, 0.717) is 17.1 Å². The van der Waals surface area contributed by atoms with E-state index in [4.69, 9.17) is 11.5 Å². The van der Waals surface area contributed by atoms with Gasteiger partial charge in [-0.1, -0.05) is 17.7 Å². The topological polar surface area (TPSA) is 76.8 Å². The first-order valence-electron chi connectivity index (χ1n) is 5.70. The van der Waals surface area contributed by atoms with Crippen molar-refractivity contribution >= 4 is 22.7 Å². The van der Waals surface area contributed by atoms with Crippen LogP contribution in [0.15, 0.2) is 46.6 Å². The molecule has 18 heavy (non-hydrogen) atoms. The van der Waals surface area contributed by atoms with Gasteiger partial charge in [-0.2, -0.15) is 5.11 Å². The zero-order valence-corrected chi connectivity index (χ0v) is 10.5. The van der Waals surface area contributed by atoms with E-state index in [0.717, 1.165) is 11.3 Å². The highest BCUT2D eigenvalue weighted by Crippen LogP contribution is 2.29. The summed E-state index contributed by atoms with van der Waals surface area (Å²) in [7, 11) is 0. The molecule has 0 heterocycles. The van der Waals surface area contributed by atoms with Crippen LogP contribution in [0.4, 0.5) is 22.7 Å². The largest absolute Gasteiger partial charge is 0.398 e. The summed E-state index contributed by atoms with van der Waals surface area (Å²) < 4.78 is 0. The molecule has 0 unspecified atom stereocenters. The predicted molar refractivity (Wildman–Crippen MR) is 75.4 cm³/mol. The van der Waals surface area contributed by atoms with Gasteiger partial charge in [-0.3, -0.25) is 0 Å². The number of nitrogens with two attached hydrogens (primary N) is 2. The number of nitrogens with zero attached hydrogens (tertiary/aromatic N) is 2. The number of aryl methyl sites for hydroxylation is 2. The Labute approximate surface area is 106 Å². The molecule has 2 aromatic carbocycles. The van der Waals surface area contributed by atoms with E-state index in [1.165, 1.54) is 5.56 Å². The fourth-order valence-electron chi connectivity index (χ4n) is 1.54. The molecule has 0 saturated carbocycles. The fourth-order valence-corrected chi connectivity index (χ4v) is 1.54. The summed E-state index contributed by atoms with van der Waals surface area (Å²) >= 11 is 0. The van der Waals surface area contributed by atoms with Gasteiger partial charge in [-0.15, -0.1) is 5.11 Å². The van der Waals surface area contributed by atoms with Gasteiger partial charge in [0.05, 0.1) is 11.4 Å². The maximum atomic E-state index is 5.84. The second-order valence-corrected chi connectivity index (χ2v) is 4.30. The molecule has 92 valence electrons. The van der Waals surface area contributed by atoms with Gasteiger partial charge >= 0.3 is 0 Å². The van der Waals surface area contributed by atoms with E-state index in [9.17, 15) is 0 Å². The molecule has 0 aliphatic carbocycles. The molecule has 4 heteroatoms. The number of azo groups is 1. The molecule has 0 bridgehead atoms. The van der Waals surface area contributed by atoms with Gasteiger partial charge in [0, 0.05) is 5.69 Å². The number of nitrogen functional groups attached to an aromatic ring is 2. The second kappa shape index (κ2) is 4.87. The maximum Gasteiger partial charge on any atom is 0.109 e. The minimum atomic E-state index is 0.536. The lowest BCUT2D eigenvalue weighted by Gasteiger charge is -2.04. The summed E-state index contributed by atoms with van der Waals surface area (Å²) in [5, 5.41) is 8.31. The molecule has 0 aromatic heterocycles. The Bertz CT molecular complexity index is 585. The van der Waals surface area contributed by atoms with Crippen LogP contribution in [-0.4, -0.2) is 0 Å². The van der Waals surface area contributed by atoms with Crippen LogP contribution in [0.25, 0.3) is 0 Å². The van der Waals surface area contributed by atoms with Crippen molar-refractivity contribution in [3.63, 3.8) is 0 Å². The van der Waals surface area contributed by atoms with Gasteiger partial charge in [-0.05, 0) is 43.7 Å². The van der Waals surface area contributed by atoms with Crippen molar-refractivity contribution < 1.29 is 0 Å². The molecule has 4 N–H and O–H groups in total. The van der Waals surface area contributed by atoms with Gasteiger partial charge in [0.1, 0.15) is 5.69 Å².